The Morgan fingerprint density at radius 1 is 1.03 bits per heavy atom. The van der Waals surface area contributed by atoms with Gasteiger partial charge in [0.15, 0.2) is 0 Å². The van der Waals surface area contributed by atoms with E-state index in [1.807, 2.05) is 44.2 Å². The molecule has 0 radical (unpaired) electrons. The predicted octanol–water partition coefficient (Wildman–Crippen LogP) is 4.17. The third-order valence-corrected chi connectivity index (χ3v) is 6.01. The summed E-state index contributed by atoms with van der Waals surface area (Å²) in [5.74, 6) is -1.25. The molecule has 0 saturated carbocycles. The van der Waals surface area contributed by atoms with Gasteiger partial charge in [-0.25, -0.2) is 0 Å². The molecule has 0 aromatic heterocycles. The number of ether oxygens (including phenoxy) is 2. The van der Waals surface area contributed by atoms with Gasteiger partial charge in [0.2, 0.25) is 11.8 Å². The van der Waals surface area contributed by atoms with E-state index in [4.69, 9.17) is 4.74 Å². The highest BCUT2D eigenvalue weighted by Crippen LogP contribution is 2.25. The van der Waals surface area contributed by atoms with Crippen LogP contribution in [0.3, 0.4) is 0 Å². The maximum absolute atomic E-state index is 13.4. The zero-order chi connectivity index (χ0) is 26.1. The van der Waals surface area contributed by atoms with Crippen molar-refractivity contribution in [3.05, 3.63) is 60.2 Å². The second-order valence-electron chi connectivity index (χ2n) is 8.97. The number of amides is 2. The fourth-order valence-corrected chi connectivity index (χ4v) is 3.90. The summed E-state index contributed by atoms with van der Waals surface area (Å²) < 4.78 is 46.3. The molecule has 36 heavy (non-hydrogen) atoms. The van der Waals surface area contributed by atoms with E-state index in [2.05, 4.69) is 15.4 Å². The molecule has 2 N–H and O–H groups in total. The maximum Gasteiger partial charge on any atom is 0.573 e. The fourth-order valence-electron chi connectivity index (χ4n) is 3.90. The molecule has 0 bridgehead atoms. The molecule has 1 aliphatic rings. The minimum atomic E-state index is -4.75. The van der Waals surface area contributed by atoms with Crippen LogP contribution in [0.15, 0.2) is 54.6 Å². The first-order valence-electron chi connectivity index (χ1n) is 11.9. The van der Waals surface area contributed by atoms with Crippen molar-refractivity contribution >= 4 is 17.5 Å². The topological polar surface area (TPSA) is 79.9 Å². The van der Waals surface area contributed by atoms with Gasteiger partial charge in [0.1, 0.15) is 5.75 Å². The Kier molecular flexibility index (Phi) is 9.58. The number of carbonyl (C=O) groups excluding carboxylic acids is 2. The summed E-state index contributed by atoms with van der Waals surface area (Å²) in [5, 5.41) is 6.22. The van der Waals surface area contributed by atoms with Crippen molar-refractivity contribution < 1.29 is 32.2 Å². The highest BCUT2D eigenvalue weighted by molar-refractivity contribution is 5.90. The number of carbonyl (C=O) groups is 2. The smallest absolute Gasteiger partial charge is 0.406 e. The lowest BCUT2D eigenvalue weighted by Gasteiger charge is -2.30. The van der Waals surface area contributed by atoms with Crippen molar-refractivity contribution in [3.63, 3.8) is 0 Å². The Morgan fingerprint density at radius 3 is 2.25 bits per heavy atom. The molecule has 1 saturated heterocycles. The molecule has 1 aliphatic heterocycles. The number of hydrogen-bond donors (Lipinski definition) is 2. The average molecular weight is 508 g/mol. The van der Waals surface area contributed by atoms with Crippen molar-refractivity contribution in [1.82, 2.24) is 10.2 Å². The van der Waals surface area contributed by atoms with Gasteiger partial charge in [0.05, 0.1) is 19.1 Å². The normalized spacial score (nSPS) is 15.8. The molecular formula is C26H32F3N3O4. The molecule has 1 fully saturated rings. The number of hydrogen-bond acceptors (Lipinski definition) is 5. The van der Waals surface area contributed by atoms with E-state index in [1.165, 1.54) is 24.3 Å². The Hall–Kier alpha value is -3.27. The number of benzene rings is 2. The third-order valence-electron chi connectivity index (χ3n) is 6.01. The van der Waals surface area contributed by atoms with Gasteiger partial charge in [0.25, 0.3) is 0 Å². The summed E-state index contributed by atoms with van der Waals surface area (Å²) in [6, 6.07) is 14.3. The zero-order valence-corrected chi connectivity index (χ0v) is 20.4. The summed E-state index contributed by atoms with van der Waals surface area (Å²) in [6.07, 6.45) is -4.70. The van der Waals surface area contributed by atoms with E-state index in [0.717, 1.165) is 5.56 Å². The van der Waals surface area contributed by atoms with E-state index in [1.54, 1.807) is 4.90 Å². The number of nitrogens with zero attached hydrogens (tertiary/aromatic N) is 1. The number of morpholine rings is 1. The van der Waals surface area contributed by atoms with Crippen LogP contribution in [0, 0.1) is 5.92 Å². The Bertz CT molecular complexity index is 978. The van der Waals surface area contributed by atoms with Crippen LogP contribution in [0.1, 0.15) is 31.7 Å². The third kappa shape index (κ3) is 8.44. The van der Waals surface area contributed by atoms with Crippen molar-refractivity contribution in [3.8, 4) is 5.75 Å². The van der Waals surface area contributed by atoms with E-state index < -0.39 is 12.3 Å². The summed E-state index contributed by atoms with van der Waals surface area (Å²) in [7, 11) is 0. The average Bonchev–Trinajstić information content (AvgIpc) is 2.85. The number of nitrogens with one attached hydrogen (secondary N) is 2. The number of rotatable bonds is 10. The molecule has 2 amide bonds. The first-order valence-corrected chi connectivity index (χ1v) is 11.9. The summed E-state index contributed by atoms with van der Waals surface area (Å²) in [4.78, 5) is 28.1. The lowest BCUT2D eigenvalue weighted by atomic mass is 9.93. The van der Waals surface area contributed by atoms with Gasteiger partial charge in [-0.1, -0.05) is 44.2 Å². The van der Waals surface area contributed by atoms with E-state index in [9.17, 15) is 22.8 Å². The monoisotopic (exact) mass is 507 g/mol. The van der Waals surface area contributed by atoms with Gasteiger partial charge in [-0.15, -0.1) is 13.2 Å². The van der Waals surface area contributed by atoms with Crippen LogP contribution in [-0.4, -0.2) is 62.0 Å². The molecule has 2 atom stereocenters. The van der Waals surface area contributed by atoms with Crippen molar-refractivity contribution in [2.24, 2.45) is 5.92 Å². The fraction of sp³-hybridized carbons (Fsp3) is 0.462. The molecule has 1 heterocycles. The lowest BCUT2D eigenvalue weighted by Crippen LogP contribution is -2.47. The molecule has 0 aliphatic carbocycles. The van der Waals surface area contributed by atoms with Gasteiger partial charge in [0, 0.05) is 37.8 Å². The van der Waals surface area contributed by atoms with E-state index >= 15 is 0 Å². The lowest BCUT2D eigenvalue weighted by molar-refractivity contribution is -0.274. The Balaban J connectivity index is 1.65. The van der Waals surface area contributed by atoms with Crippen LogP contribution < -0.4 is 15.4 Å². The highest BCUT2D eigenvalue weighted by Gasteiger charge is 2.31. The van der Waals surface area contributed by atoms with Crippen molar-refractivity contribution in [1.29, 1.82) is 0 Å². The van der Waals surface area contributed by atoms with Gasteiger partial charge in [-0.3, -0.25) is 9.59 Å². The number of alkyl halides is 3. The molecule has 2 aromatic rings. The SMILES string of the molecule is CC(C)C(CNc1ccc(OC(F)(F)F)cc1)NC(=O)C(CC(=O)N1CCOCC1)c1ccccc1. The van der Waals surface area contributed by atoms with Crippen LogP contribution in [0.4, 0.5) is 18.9 Å². The second-order valence-corrected chi connectivity index (χ2v) is 8.97. The molecule has 196 valence electrons. The first-order chi connectivity index (χ1) is 17.1. The van der Waals surface area contributed by atoms with Crippen LogP contribution in [-0.2, 0) is 14.3 Å². The molecular weight excluding hydrogens is 475 g/mol. The van der Waals surface area contributed by atoms with Gasteiger partial charge in [-0.05, 0) is 35.7 Å². The predicted molar refractivity (Wildman–Crippen MR) is 130 cm³/mol. The summed E-state index contributed by atoms with van der Waals surface area (Å²) in [5.41, 5.74) is 1.35. The van der Waals surface area contributed by atoms with Gasteiger partial charge >= 0.3 is 6.36 Å². The quantitative estimate of drug-likeness (QED) is 0.505. The second kappa shape index (κ2) is 12.6. The van der Waals surface area contributed by atoms with E-state index in [0.29, 0.717) is 38.5 Å². The van der Waals surface area contributed by atoms with Crippen molar-refractivity contribution in [2.45, 2.75) is 38.6 Å². The minimum absolute atomic E-state index is 0.0504. The highest BCUT2D eigenvalue weighted by atomic mass is 19.4. The first kappa shape index (κ1) is 27.3. The molecule has 2 unspecified atom stereocenters. The molecule has 0 spiro atoms. The molecule has 3 rings (SSSR count). The van der Waals surface area contributed by atoms with Crippen LogP contribution in [0.5, 0.6) is 5.75 Å². The number of halogens is 3. The Labute approximate surface area is 208 Å². The molecule has 2 aromatic carbocycles. The summed E-state index contributed by atoms with van der Waals surface area (Å²) >= 11 is 0. The molecule has 7 nitrogen and oxygen atoms in total. The van der Waals surface area contributed by atoms with Crippen LogP contribution in [0.25, 0.3) is 0 Å². The van der Waals surface area contributed by atoms with Gasteiger partial charge < -0.3 is 25.0 Å². The Morgan fingerprint density at radius 2 is 1.67 bits per heavy atom. The van der Waals surface area contributed by atoms with Crippen LogP contribution in [0.2, 0.25) is 0 Å². The zero-order valence-electron chi connectivity index (χ0n) is 20.4. The minimum Gasteiger partial charge on any atom is -0.406 e. The van der Waals surface area contributed by atoms with E-state index in [-0.39, 0.29) is 35.9 Å². The maximum atomic E-state index is 13.4. The molecule has 10 heteroatoms. The standard InChI is InChI=1S/C26H32F3N3O4/c1-18(2)23(17-30-20-8-10-21(11-9-20)36-26(27,28)29)31-25(34)22(19-6-4-3-5-7-19)16-24(33)32-12-14-35-15-13-32/h3-11,18,22-23,30H,12-17H2,1-2H3,(H,31,34). The van der Waals surface area contributed by atoms with Crippen LogP contribution >= 0.6 is 0 Å². The van der Waals surface area contributed by atoms with Crippen molar-refractivity contribution in [2.75, 3.05) is 38.2 Å². The van der Waals surface area contributed by atoms with Gasteiger partial charge in [-0.2, -0.15) is 0 Å². The number of anilines is 1. The summed E-state index contributed by atoms with van der Waals surface area (Å²) in [6.45, 7) is 6.26. The largest absolute Gasteiger partial charge is 0.573 e.